The molecule has 0 aliphatic carbocycles. The molecule has 0 spiro atoms. The number of allylic oxidation sites excluding steroid dienone is 1. The predicted octanol–water partition coefficient (Wildman–Crippen LogP) is 3.92. The van der Waals surface area contributed by atoms with Crippen molar-refractivity contribution in [2.45, 2.75) is 91.6 Å². The van der Waals surface area contributed by atoms with E-state index in [-0.39, 0.29) is 41.8 Å². The van der Waals surface area contributed by atoms with E-state index >= 15 is 0 Å². The molecule has 0 saturated carbocycles. The van der Waals surface area contributed by atoms with Crippen LogP contribution in [0.2, 0.25) is 0 Å². The number of amides is 2. The normalized spacial score (nSPS) is 21.6. The number of β-amino-alcohol motifs (C(OH)–C–C–N with tert-alkyl or cyclic N) is 1. The van der Waals surface area contributed by atoms with Crippen LogP contribution in [0.15, 0.2) is 30.3 Å². The van der Waals surface area contributed by atoms with Gasteiger partial charge in [-0.15, -0.1) is 12.6 Å². The Labute approximate surface area is 204 Å². The molecule has 3 N–H and O–H groups in total. The molecule has 184 valence electrons. The van der Waals surface area contributed by atoms with Gasteiger partial charge >= 0.3 is 0 Å². The third kappa shape index (κ3) is 7.33. The number of thiol groups is 1. The fourth-order valence-electron chi connectivity index (χ4n) is 4.06. The lowest BCUT2D eigenvalue weighted by Gasteiger charge is -2.39. The average molecular weight is 476 g/mol. The zero-order valence-electron chi connectivity index (χ0n) is 21.3. The summed E-state index contributed by atoms with van der Waals surface area (Å²) >= 11 is 4.44. The van der Waals surface area contributed by atoms with Crippen molar-refractivity contribution < 1.29 is 14.7 Å². The number of carbonyl (C=O) groups is 2. The highest BCUT2D eigenvalue weighted by Crippen LogP contribution is 2.28. The van der Waals surface area contributed by atoms with Crippen molar-refractivity contribution in [1.82, 2.24) is 15.5 Å². The Bertz CT molecular complexity index is 868. The van der Waals surface area contributed by atoms with E-state index in [0.717, 1.165) is 16.0 Å². The van der Waals surface area contributed by atoms with E-state index in [2.05, 4.69) is 23.3 Å². The molecule has 1 aliphatic rings. The van der Waals surface area contributed by atoms with Gasteiger partial charge in [-0.3, -0.25) is 9.59 Å². The molecule has 7 heteroatoms. The predicted molar refractivity (Wildman–Crippen MR) is 138 cm³/mol. The average Bonchev–Trinajstić information content (AvgIpc) is 3.11. The molecule has 1 aromatic rings. The quantitative estimate of drug-likeness (QED) is 0.470. The molecule has 1 aliphatic heterocycles. The summed E-state index contributed by atoms with van der Waals surface area (Å²) in [5.74, 6) is -0.401. The second kappa shape index (κ2) is 10.6. The zero-order valence-corrected chi connectivity index (χ0v) is 22.2. The lowest BCUT2D eigenvalue weighted by Crippen LogP contribution is -2.60. The highest BCUT2D eigenvalue weighted by molar-refractivity contribution is 7.90. The van der Waals surface area contributed by atoms with Crippen LogP contribution >= 0.6 is 12.6 Å². The number of hydrogen-bond donors (Lipinski definition) is 4. The molecule has 1 fully saturated rings. The minimum Gasteiger partial charge on any atom is -0.391 e. The van der Waals surface area contributed by atoms with Crippen molar-refractivity contribution in [1.29, 1.82) is 0 Å². The maximum atomic E-state index is 13.6. The molecule has 0 unspecified atom stereocenters. The topological polar surface area (TPSA) is 81.7 Å². The van der Waals surface area contributed by atoms with Crippen LogP contribution in [0.1, 0.15) is 79.0 Å². The van der Waals surface area contributed by atoms with E-state index < -0.39 is 18.2 Å². The van der Waals surface area contributed by atoms with E-state index in [1.165, 1.54) is 0 Å². The number of hydrogen-bond acceptors (Lipinski definition) is 5. The highest BCUT2D eigenvalue weighted by atomic mass is 32.1. The highest BCUT2D eigenvalue weighted by Gasteiger charge is 2.44. The number of rotatable bonds is 6. The van der Waals surface area contributed by atoms with Crippen LogP contribution in [-0.2, 0) is 9.59 Å². The summed E-state index contributed by atoms with van der Waals surface area (Å²) < 4.78 is 0. The van der Waals surface area contributed by atoms with Crippen molar-refractivity contribution >= 4 is 29.3 Å². The summed E-state index contributed by atoms with van der Waals surface area (Å²) in [6.45, 7) is 16.1. The van der Waals surface area contributed by atoms with E-state index in [1.54, 1.807) is 4.90 Å². The second-order valence-electron chi connectivity index (χ2n) is 11.1. The van der Waals surface area contributed by atoms with Crippen LogP contribution in [0.4, 0.5) is 0 Å². The number of nitrogens with zero attached hydrogens (tertiary/aromatic N) is 1. The van der Waals surface area contributed by atoms with Crippen molar-refractivity contribution in [3.8, 4) is 0 Å². The Morgan fingerprint density at radius 2 is 1.73 bits per heavy atom. The maximum absolute atomic E-state index is 13.6. The number of aliphatic hydroxyl groups is 1. The lowest BCUT2D eigenvalue weighted by molar-refractivity contribution is -0.143. The molecule has 1 aromatic carbocycles. The number of benzene rings is 1. The lowest BCUT2D eigenvalue weighted by atomic mass is 9.84. The third-order valence-electron chi connectivity index (χ3n) is 5.89. The summed E-state index contributed by atoms with van der Waals surface area (Å²) in [5, 5.41) is 16.8. The Morgan fingerprint density at radius 3 is 2.21 bits per heavy atom. The van der Waals surface area contributed by atoms with Crippen LogP contribution in [-0.4, -0.2) is 52.1 Å². The summed E-state index contributed by atoms with van der Waals surface area (Å²) in [6.07, 6.45) is 1.45. The maximum Gasteiger partial charge on any atom is 0.243 e. The first-order valence-corrected chi connectivity index (χ1v) is 12.1. The largest absolute Gasteiger partial charge is 0.391 e. The van der Waals surface area contributed by atoms with Crippen molar-refractivity contribution in [3.05, 3.63) is 41.5 Å². The van der Waals surface area contributed by atoms with Crippen LogP contribution < -0.4 is 10.6 Å². The number of carbonyl (C=O) groups excluding carboxylic acids is 2. The molecular formula is C26H41N3O3S. The Hall–Kier alpha value is -1.83. The number of nitrogens with one attached hydrogen (secondary N) is 2. The van der Waals surface area contributed by atoms with E-state index in [1.807, 2.05) is 85.7 Å². The number of likely N-dealkylation sites (tertiary alicyclic amines) is 1. The zero-order chi connectivity index (χ0) is 25.1. The second-order valence-corrected chi connectivity index (χ2v) is 11.6. The van der Waals surface area contributed by atoms with Crippen molar-refractivity contribution in [2.24, 2.45) is 5.41 Å². The van der Waals surface area contributed by atoms with Gasteiger partial charge in [-0.2, -0.15) is 0 Å². The van der Waals surface area contributed by atoms with Crippen LogP contribution in [0, 0.1) is 5.41 Å². The smallest absolute Gasteiger partial charge is 0.243 e. The molecule has 0 radical (unpaired) electrons. The third-order valence-corrected chi connectivity index (χ3v) is 6.41. The Kier molecular flexibility index (Phi) is 8.82. The van der Waals surface area contributed by atoms with Gasteiger partial charge in [0, 0.05) is 23.4 Å². The van der Waals surface area contributed by atoms with Crippen LogP contribution in [0.5, 0.6) is 0 Å². The van der Waals surface area contributed by atoms with Gasteiger partial charge in [0.15, 0.2) is 0 Å². The minimum absolute atomic E-state index is 0.154. The summed E-state index contributed by atoms with van der Waals surface area (Å²) in [7, 11) is 0. The Morgan fingerprint density at radius 1 is 1.15 bits per heavy atom. The summed E-state index contributed by atoms with van der Waals surface area (Å²) in [6, 6.07) is 6.47. The van der Waals surface area contributed by atoms with Gasteiger partial charge < -0.3 is 20.6 Å². The molecule has 6 nitrogen and oxygen atoms in total. The summed E-state index contributed by atoms with van der Waals surface area (Å²) in [4.78, 5) is 29.2. The van der Waals surface area contributed by atoms with Gasteiger partial charge in [0.05, 0.1) is 18.2 Å². The van der Waals surface area contributed by atoms with Crippen LogP contribution in [0.25, 0.3) is 4.91 Å². The SMILES string of the molecule is C/C=C(/S)c1ccc([C@H](C)NC(=O)[C@@H]2C[C@@H](O)CN2C(=O)[C@@H](NC(C)(C)C)C(C)(C)C)cc1. The van der Waals surface area contributed by atoms with Gasteiger partial charge in [-0.1, -0.05) is 51.1 Å². The van der Waals surface area contributed by atoms with E-state index in [0.29, 0.717) is 0 Å². The molecule has 0 bridgehead atoms. The summed E-state index contributed by atoms with van der Waals surface area (Å²) in [5.41, 5.74) is 1.35. The molecule has 1 saturated heterocycles. The molecule has 0 aromatic heterocycles. The first kappa shape index (κ1) is 27.4. The monoisotopic (exact) mass is 475 g/mol. The minimum atomic E-state index is -0.718. The number of aliphatic hydroxyl groups excluding tert-OH is 1. The molecule has 2 rings (SSSR count). The fraction of sp³-hybridized carbons (Fsp3) is 0.615. The Balaban J connectivity index is 2.18. The first-order valence-electron chi connectivity index (χ1n) is 11.7. The molecule has 4 atom stereocenters. The molecule has 1 heterocycles. The molecular weight excluding hydrogens is 434 g/mol. The fourth-order valence-corrected chi connectivity index (χ4v) is 4.20. The van der Waals surface area contributed by atoms with Gasteiger partial charge in [0.2, 0.25) is 11.8 Å². The molecule has 2 amide bonds. The van der Waals surface area contributed by atoms with Crippen LogP contribution in [0.3, 0.4) is 0 Å². The van der Waals surface area contributed by atoms with E-state index in [4.69, 9.17) is 0 Å². The van der Waals surface area contributed by atoms with E-state index in [9.17, 15) is 14.7 Å². The van der Waals surface area contributed by atoms with Gasteiger partial charge in [0.1, 0.15) is 6.04 Å². The van der Waals surface area contributed by atoms with Gasteiger partial charge in [0.25, 0.3) is 0 Å². The van der Waals surface area contributed by atoms with Crippen molar-refractivity contribution in [3.63, 3.8) is 0 Å². The first-order chi connectivity index (χ1) is 15.1. The van der Waals surface area contributed by atoms with Gasteiger partial charge in [-0.25, -0.2) is 0 Å². The van der Waals surface area contributed by atoms with Crippen molar-refractivity contribution in [2.75, 3.05) is 6.54 Å². The van der Waals surface area contributed by atoms with Gasteiger partial charge in [-0.05, 0) is 51.2 Å². The standard InChI is InChI=1S/C26H41N3O3S/c1-9-21(33)18-12-10-17(11-13-18)16(2)27-23(31)20-14-19(30)15-29(20)24(32)22(25(3,4)5)28-26(6,7)8/h9-13,16,19-20,22,28,30,33H,14-15H2,1-8H3,(H,27,31)/b21-9+/t16-,19+,20-,22+/m0/s1. The molecule has 33 heavy (non-hydrogen) atoms.